The molecule has 2 heterocycles. The predicted octanol–water partition coefficient (Wildman–Crippen LogP) is 2.65. The molecule has 1 unspecified atom stereocenters. The van der Waals surface area contributed by atoms with Crippen LogP contribution in [-0.4, -0.2) is 18.3 Å². The van der Waals surface area contributed by atoms with Gasteiger partial charge < -0.3 is 4.74 Å². The SMILES string of the molecule is COc1ncc(C2CCC=N2)cc1Cl. The van der Waals surface area contributed by atoms with Crippen molar-refractivity contribution in [1.82, 2.24) is 4.98 Å². The van der Waals surface area contributed by atoms with E-state index < -0.39 is 0 Å². The van der Waals surface area contributed by atoms with Crippen LogP contribution < -0.4 is 4.74 Å². The smallest absolute Gasteiger partial charge is 0.232 e. The molecule has 0 bridgehead atoms. The fourth-order valence-corrected chi connectivity index (χ4v) is 1.79. The lowest BCUT2D eigenvalue weighted by atomic mass is 10.1. The summed E-state index contributed by atoms with van der Waals surface area (Å²) in [5, 5.41) is 0.548. The van der Waals surface area contributed by atoms with Crippen molar-refractivity contribution in [3.05, 3.63) is 22.8 Å². The zero-order chi connectivity index (χ0) is 9.97. The lowest BCUT2D eigenvalue weighted by Crippen LogP contribution is -1.95. The van der Waals surface area contributed by atoms with Crippen molar-refractivity contribution in [1.29, 1.82) is 0 Å². The van der Waals surface area contributed by atoms with Gasteiger partial charge in [0.25, 0.3) is 0 Å². The van der Waals surface area contributed by atoms with Gasteiger partial charge in [-0.1, -0.05) is 11.6 Å². The third-order valence-corrected chi connectivity index (χ3v) is 2.53. The lowest BCUT2D eigenvalue weighted by Gasteiger charge is -2.08. The first-order valence-electron chi connectivity index (χ1n) is 4.52. The largest absolute Gasteiger partial charge is 0.480 e. The summed E-state index contributed by atoms with van der Waals surface area (Å²) in [6.07, 6.45) is 5.81. The van der Waals surface area contributed by atoms with Crippen LogP contribution in [0.15, 0.2) is 17.3 Å². The molecule has 0 aromatic carbocycles. The molecule has 0 N–H and O–H groups in total. The van der Waals surface area contributed by atoms with Crippen molar-refractivity contribution in [3.8, 4) is 5.88 Å². The van der Waals surface area contributed by atoms with Gasteiger partial charge in [0, 0.05) is 6.20 Å². The van der Waals surface area contributed by atoms with Gasteiger partial charge in [-0.25, -0.2) is 4.98 Å². The molecule has 0 saturated carbocycles. The zero-order valence-corrected chi connectivity index (χ0v) is 8.66. The minimum absolute atomic E-state index is 0.228. The van der Waals surface area contributed by atoms with Crippen molar-refractivity contribution < 1.29 is 4.74 Å². The number of pyridine rings is 1. The van der Waals surface area contributed by atoms with E-state index in [-0.39, 0.29) is 6.04 Å². The molecule has 0 spiro atoms. The summed E-state index contributed by atoms with van der Waals surface area (Å²) in [5.74, 6) is 0.470. The first-order chi connectivity index (χ1) is 6.81. The fraction of sp³-hybridized carbons (Fsp3) is 0.400. The summed E-state index contributed by atoms with van der Waals surface area (Å²) in [6.45, 7) is 0. The van der Waals surface area contributed by atoms with E-state index in [2.05, 4.69) is 9.98 Å². The van der Waals surface area contributed by atoms with E-state index in [1.165, 1.54) is 0 Å². The molecule has 3 nitrogen and oxygen atoms in total. The van der Waals surface area contributed by atoms with Gasteiger partial charge in [-0.15, -0.1) is 0 Å². The number of ether oxygens (including phenoxy) is 1. The van der Waals surface area contributed by atoms with Crippen molar-refractivity contribution in [2.45, 2.75) is 18.9 Å². The number of hydrogen-bond donors (Lipinski definition) is 0. The third-order valence-electron chi connectivity index (χ3n) is 2.26. The summed E-state index contributed by atoms with van der Waals surface area (Å²) in [5.41, 5.74) is 1.06. The van der Waals surface area contributed by atoms with Gasteiger partial charge >= 0.3 is 0 Å². The summed E-state index contributed by atoms with van der Waals surface area (Å²) in [6, 6.07) is 2.10. The topological polar surface area (TPSA) is 34.5 Å². The average molecular weight is 211 g/mol. The molecular formula is C10H11ClN2O. The van der Waals surface area contributed by atoms with Gasteiger partial charge in [0.1, 0.15) is 5.02 Å². The summed E-state index contributed by atoms with van der Waals surface area (Å²) in [7, 11) is 1.56. The van der Waals surface area contributed by atoms with Crippen molar-refractivity contribution in [3.63, 3.8) is 0 Å². The van der Waals surface area contributed by atoms with Crippen LogP contribution in [0.3, 0.4) is 0 Å². The zero-order valence-electron chi connectivity index (χ0n) is 7.90. The van der Waals surface area contributed by atoms with E-state index >= 15 is 0 Å². The van der Waals surface area contributed by atoms with Gasteiger partial charge in [-0.2, -0.15) is 0 Å². The molecule has 0 radical (unpaired) electrons. The van der Waals surface area contributed by atoms with Crippen LogP contribution >= 0.6 is 11.6 Å². The van der Waals surface area contributed by atoms with Gasteiger partial charge in [0.2, 0.25) is 5.88 Å². The van der Waals surface area contributed by atoms with Crippen LogP contribution in [-0.2, 0) is 0 Å². The quantitative estimate of drug-likeness (QED) is 0.752. The van der Waals surface area contributed by atoms with Gasteiger partial charge in [-0.3, -0.25) is 4.99 Å². The third kappa shape index (κ3) is 1.73. The number of methoxy groups -OCH3 is 1. The Morgan fingerprint density at radius 2 is 2.43 bits per heavy atom. The van der Waals surface area contributed by atoms with E-state index in [9.17, 15) is 0 Å². The molecule has 1 atom stereocenters. The second kappa shape index (κ2) is 3.96. The molecule has 0 amide bonds. The van der Waals surface area contributed by atoms with Gasteiger partial charge in [0.05, 0.1) is 13.2 Å². The maximum Gasteiger partial charge on any atom is 0.232 e. The van der Waals surface area contributed by atoms with Crippen LogP contribution in [0.1, 0.15) is 24.4 Å². The predicted molar refractivity (Wildman–Crippen MR) is 56.3 cm³/mol. The maximum absolute atomic E-state index is 5.97. The van der Waals surface area contributed by atoms with Crippen molar-refractivity contribution in [2.24, 2.45) is 4.99 Å². The number of aliphatic imine (C=N–C) groups is 1. The summed E-state index contributed by atoms with van der Waals surface area (Å²) < 4.78 is 4.98. The Balaban J connectivity index is 2.27. The Bertz CT molecular complexity index is 365. The highest BCUT2D eigenvalue weighted by Crippen LogP contribution is 2.30. The highest BCUT2D eigenvalue weighted by Gasteiger charge is 2.15. The first-order valence-corrected chi connectivity index (χ1v) is 4.90. The van der Waals surface area contributed by atoms with E-state index in [4.69, 9.17) is 16.3 Å². The average Bonchev–Trinajstić information content (AvgIpc) is 2.70. The van der Waals surface area contributed by atoms with E-state index in [0.29, 0.717) is 10.9 Å². The number of rotatable bonds is 2. The number of hydrogen-bond acceptors (Lipinski definition) is 3. The molecule has 14 heavy (non-hydrogen) atoms. The van der Waals surface area contributed by atoms with Crippen LogP contribution in [0.4, 0.5) is 0 Å². The second-order valence-corrected chi connectivity index (χ2v) is 3.59. The van der Waals surface area contributed by atoms with Crippen LogP contribution in [0, 0.1) is 0 Å². The first kappa shape index (κ1) is 9.46. The van der Waals surface area contributed by atoms with Gasteiger partial charge in [-0.05, 0) is 30.7 Å². The highest BCUT2D eigenvalue weighted by molar-refractivity contribution is 6.31. The number of halogens is 1. The molecular weight excluding hydrogens is 200 g/mol. The van der Waals surface area contributed by atoms with E-state index in [1.807, 2.05) is 12.3 Å². The Labute approximate surface area is 87.8 Å². The highest BCUT2D eigenvalue weighted by atomic mass is 35.5. The van der Waals surface area contributed by atoms with Gasteiger partial charge in [0.15, 0.2) is 0 Å². The van der Waals surface area contributed by atoms with Crippen LogP contribution in [0.25, 0.3) is 0 Å². The minimum atomic E-state index is 0.228. The normalized spacial score (nSPS) is 20.0. The van der Waals surface area contributed by atoms with Crippen molar-refractivity contribution in [2.75, 3.05) is 7.11 Å². The summed E-state index contributed by atoms with van der Waals surface area (Å²) >= 11 is 5.97. The Kier molecular flexibility index (Phi) is 2.68. The molecule has 1 aliphatic heterocycles. The summed E-state index contributed by atoms with van der Waals surface area (Å²) in [4.78, 5) is 8.45. The maximum atomic E-state index is 5.97. The molecule has 4 heteroatoms. The fourth-order valence-electron chi connectivity index (χ4n) is 1.53. The molecule has 1 aromatic rings. The molecule has 0 aliphatic carbocycles. The molecule has 74 valence electrons. The van der Waals surface area contributed by atoms with Crippen LogP contribution in [0.5, 0.6) is 5.88 Å². The minimum Gasteiger partial charge on any atom is -0.480 e. The van der Waals surface area contributed by atoms with Crippen molar-refractivity contribution >= 4 is 17.8 Å². The Hall–Kier alpha value is -1.09. The molecule has 1 aliphatic rings. The molecule has 0 fully saturated rings. The second-order valence-electron chi connectivity index (χ2n) is 3.18. The molecule has 1 aromatic heterocycles. The molecule has 0 saturated heterocycles. The number of aromatic nitrogens is 1. The Morgan fingerprint density at radius 3 is 3.00 bits per heavy atom. The van der Waals surface area contributed by atoms with Crippen LogP contribution in [0.2, 0.25) is 5.02 Å². The van der Waals surface area contributed by atoms with E-state index in [1.54, 1.807) is 13.3 Å². The van der Waals surface area contributed by atoms with E-state index in [0.717, 1.165) is 18.4 Å². The standard InChI is InChI=1S/C10H11ClN2O/c1-14-10-8(11)5-7(6-13-10)9-3-2-4-12-9/h4-6,9H,2-3H2,1H3. The lowest BCUT2D eigenvalue weighted by molar-refractivity contribution is 0.397. The molecule has 2 rings (SSSR count). The number of nitrogens with zero attached hydrogens (tertiary/aromatic N) is 2. The Morgan fingerprint density at radius 1 is 1.57 bits per heavy atom. The monoisotopic (exact) mass is 210 g/mol.